The average Bonchev–Trinajstić information content (AvgIpc) is 2.13. The molecule has 1 amide bonds. The highest BCUT2D eigenvalue weighted by atomic mass is 19.4. The van der Waals surface area contributed by atoms with Crippen LogP contribution in [-0.2, 0) is 9.53 Å². The number of ether oxygens (including phenoxy) is 1. The van der Waals surface area contributed by atoms with Crippen LogP contribution >= 0.6 is 0 Å². The van der Waals surface area contributed by atoms with Crippen LogP contribution in [0.4, 0.5) is 13.2 Å². The van der Waals surface area contributed by atoms with Gasteiger partial charge in [-0.1, -0.05) is 13.8 Å². The third-order valence-corrected chi connectivity index (χ3v) is 1.87. The first-order valence-corrected chi connectivity index (χ1v) is 5.40. The zero-order chi connectivity index (χ0) is 13.5. The summed E-state index contributed by atoms with van der Waals surface area (Å²) in [5, 5.41) is 2.42. The molecule has 0 fully saturated rings. The molecule has 17 heavy (non-hydrogen) atoms. The number of hydrogen-bond acceptors (Lipinski definition) is 3. The highest BCUT2D eigenvalue weighted by Crippen LogP contribution is 2.13. The summed E-state index contributed by atoms with van der Waals surface area (Å²) in [6.07, 6.45) is -3.80. The van der Waals surface area contributed by atoms with Crippen molar-refractivity contribution in [3.8, 4) is 0 Å². The third kappa shape index (κ3) is 10.1. The van der Waals surface area contributed by atoms with Gasteiger partial charge in [0.15, 0.2) is 0 Å². The second-order valence-electron chi connectivity index (χ2n) is 4.19. The van der Waals surface area contributed by atoms with Gasteiger partial charge in [-0.3, -0.25) is 4.79 Å². The molecule has 102 valence electrons. The number of rotatable bonds is 7. The Balaban J connectivity index is 3.58. The van der Waals surface area contributed by atoms with Gasteiger partial charge in [-0.15, -0.1) is 0 Å². The fourth-order valence-electron chi connectivity index (χ4n) is 1.18. The molecule has 4 nitrogen and oxygen atoms in total. The lowest BCUT2D eigenvalue weighted by Crippen LogP contribution is -2.42. The first-order chi connectivity index (χ1) is 7.72. The van der Waals surface area contributed by atoms with E-state index in [9.17, 15) is 18.0 Å². The average molecular weight is 256 g/mol. The van der Waals surface area contributed by atoms with Crippen molar-refractivity contribution in [3.05, 3.63) is 0 Å². The van der Waals surface area contributed by atoms with Crippen molar-refractivity contribution in [2.24, 2.45) is 11.7 Å². The normalized spacial score (nSPS) is 13.8. The predicted octanol–water partition coefficient (Wildman–Crippen LogP) is 1.05. The summed E-state index contributed by atoms with van der Waals surface area (Å²) in [5.74, 6) is -0.0773. The maximum absolute atomic E-state index is 11.7. The summed E-state index contributed by atoms with van der Waals surface area (Å²) < 4.78 is 39.4. The Morgan fingerprint density at radius 2 is 2.00 bits per heavy atom. The van der Waals surface area contributed by atoms with E-state index < -0.39 is 18.8 Å². The molecule has 0 aromatic rings. The molecule has 0 aromatic heterocycles. The SMILES string of the molecule is CC(C)CC(N)C(=O)NCCOCC(F)(F)F. The van der Waals surface area contributed by atoms with Gasteiger partial charge < -0.3 is 15.8 Å². The summed E-state index contributed by atoms with van der Waals surface area (Å²) in [4.78, 5) is 11.3. The summed E-state index contributed by atoms with van der Waals surface area (Å²) in [7, 11) is 0. The Morgan fingerprint density at radius 1 is 1.41 bits per heavy atom. The van der Waals surface area contributed by atoms with Crippen LogP contribution in [0.15, 0.2) is 0 Å². The van der Waals surface area contributed by atoms with Crippen LogP contribution in [0.25, 0.3) is 0 Å². The van der Waals surface area contributed by atoms with Crippen LogP contribution in [-0.4, -0.2) is 37.9 Å². The number of halogens is 3. The lowest BCUT2D eigenvalue weighted by Gasteiger charge is -2.14. The lowest BCUT2D eigenvalue weighted by atomic mass is 10.0. The van der Waals surface area contributed by atoms with Gasteiger partial charge in [0, 0.05) is 6.54 Å². The largest absolute Gasteiger partial charge is 0.411 e. The minimum atomic E-state index is -4.34. The Bertz CT molecular complexity index is 232. The van der Waals surface area contributed by atoms with Crippen molar-refractivity contribution in [1.29, 1.82) is 0 Å². The molecular formula is C10H19F3N2O2. The van der Waals surface area contributed by atoms with Crippen LogP contribution in [0.2, 0.25) is 0 Å². The van der Waals surface area contributed by atoms with Crippen molar-refractivity contribution < 1.29 is 22.7 Å². The molecule has 0 saturated heterocycles. The molecule has 0 spiro atoms. The summed E-state index contributed by atoms with van der Waals surface area (Å²) in [6.45, 7) is 2.40. The number of amides is 1. The number of nitrogens with one attached hydrogen (secondary N) is 1. The molecule has 1 atom stereocenters. The number of carbonyl (C=O) groups excluding carboxylic acids is 1. The molecule has 3 N–H and O–H groups in total. The Hall–Kier alpha value is -0.820. The van der Waals surface area contributed by atoms with Gasteiger partial charge in [0.2, 0.25) is 5.91 Å². The second kappa shape index (κ2) is 7.50. The molecule has 0 bridgehead atoms. The molecule has 0 aliphatic carbocycles. The van der Waals surface area contributed by atoms with E-state index in [1.807, 2.05) is 13.8 Å². The fraction of sp³-hybridized carbons (Fsp3) is 0.900. The van der Waals surface area contributed by atoms with E-state index in [4.69, 9.17) is 5.73 Å². The highest BCUT2D eigenvalue weighted by Gasteiger charge is 2.27. The Labute approximate surface area is 98.7 Å². The Morgan fingerprint density at radius 3 is 2.47 bits per heavy atom. The fourth-order valence-corrected chi connectivity index (χ4v) is 1.18. The van der Waals surface area contributed by atoms with Crippen molar-refractivity contribution in [3.63, 3.8) is 0 Å². The number of carbonyl (C=O) groups is 1. The zero-order valence-electron chi connectivity index (χ0n) is 10.0. The van der Waals surface area contributed by atoms with E-state index in [1.165, 1.54) is 0 Å². The molecule has 7 heteroatoms. The standard InChI is InChI=1S/C10H19F3N2O2/c1-7(2)5-8(14)9(16)15-3-4-17-6-10(11,12)13/h7-8H,3-6,14H2,1-2H3,(H,15,16). The maximum Gasteiger partial charge on any atom is 0.411 e. The molecule has 0 rings (SSSR count). The van der Waals surface area contributed by atoms with E-state index in [2.05, 4.69) is 10.1 Å². The van der Waals surface area contributed by atoms with Gasteiger partial charge in [-0.2, -0.15) is 13.2 Å². The topological polar surface area (TPSA) is 64.4 Å². The van der Waals surface area contributed by atoms with Crippen molar-refractivity contribution in [2.75, 3.05) is 19.8 Å². The molecule has 0 radical (unpaired) electrons. The molecule has 1 unspecified atom stereocenters. The monoisotopic (exact) mass is 256 g/mol. The van der Waals surface area contributed by atoms with E-state index in [-0.39, 0.29) is 25.0 Å². The quantitative estimate of drug-likeness (QED) is 0.669. The van der Waals surface area contributed by atoms with E-state index in [0.717, 1.165) is 0 Å². The predicted molar refractivity (Wildman–Crippen MR) is 57.3 cm³/mol. The second-order valence-corrected chi connectivity index (χ2v) is 4.19. The molecular weight excluding hydrogens is 237 g/mol. The minimum Gasteiger partial charge on any atom is -0.370 e. The molecule has 0 heterocycles. The van der Waals surface area contributed by atoms with Crippen molar-refractivity contribution in [2.45, 2.75) is 32.5 Å². The molecule has 0 aromatic carbocycles. The Kier molecular flexibility index (Phi) is 7.13. The van der Waals surface area contributed by atoms with Crippen LogP contribution < -0.4 is 11.1 Å². The maximum atomic E-state index is 11.7. The smallest absolute Gasteiger partial charge is 0.370 e. The van der Waals surface area contributed by atoms with Gasteiger partial charge in [0.05, 0.1) is 12.6 Å². The van der Waals surface area contributed by atoms with Gasteiger partial charge >= 0.3 is 6.18 Å². The van der Waals surface area contributed by atoms with Crippen LogP contribution in [0.5, 0.6) is 0 Å². The highest BCUT2D eigenvalue weighted by molar-refractivity contribution is 5.81. The van der Waals surface area contributed by atoms with Gasteiger partial charge in [0.1, 0.15) is 6.61 Å². The number of alkyl halides is 3. The molecule has 0 saturated carbocycles. The lowest BCUT2D eigenvalue weighted by molar-refractivity contribution is -0.173. The zero-order valence-corrected chi connectivity index (χ0v) is 10.0. The van der Waals surface area contributed by atoms with Crippen molar-refractivity contribution in [1.82, 2.24) is 5.32 Å². The van der Waals surface area contributed by atoms with Crippen LogP contribution in [0, 0.1) is 5.92 Å². The number of hydrogen-bond donors (Lipinski definition) is 2. The molecule has 0 aliphatic rings. The number of nitrogens with two attached hydrogens (primary N) is 1. The van der Waals surface area contributed by atoms with Gasteiger partial charge in [0.25, 0.3) is 0 Å². The first kappa shape index (κ1) is 16.2. The van der Waals surface area contributed by atoms with Crippen LogP contribution in [0.1, 0.15) is 20.3 Å². The van der Waals surface area contributed by atoms with E-state index in [1.54, 1.807) is 0 Å². The van der Waals surface area contributed by atoms with E-state index >= 15 is 0 Å². The first-order valence-electron chi connectivity index (χ1n) is 5.40. The summed E-state index contributed by atoms with van der Waals surface area (Å²) >= 11 is 0. The van der Waals surface area contributed by atoms with Crippen molar-refractivity contribution >= 4 is 5.91 Å². The van der Waals surface area contributed by atoms with Gasteiger partial charge in [-0.25, -0.2) is 0 Å². The minimum absolute atomic E-state index is 0.0285. The summed E-state index contributed by atoms with van der Waals surface area (Å²) in [5.41, 5.74) is 5.57. The van der Waals surface area contributed by atoms with Gasteiger partial charge in [-0.05, 0) is 12.3 Å². The third-order valence-electron chi connectivity index (χ3n) is 1.87. The summed E-state index contributed by atoms with van der Waals surface area (Å²) in [6, 6.07) is -0.627. The van der Waals surface area contributed by atoms with Crippen LogP contribution in [0.3, 0.4) is 0 Å². The molecule has 0 aliphatic heterocycles. The van der Waals surface area contributed by atoms with E-state index in [0.29, 0.717) is 6.42 Å².